The second kappa shape index (κ2) is 12.8. The quantitative estimate of drug-likeness (QED) is 0.118. The molecule has 5 rings (SSSR count). The Morgan fingerprint density at radius 2 is 1.00 bits per heavy atom. The van der Waals surface area contributed by atoms with Gasteiger partial charge in [0.25, 0.3) is 0 Å². The van der Waals surface area contributed by atoms with Crippen molar-refractivity contribution in [2.45, 2.75) is 31.5 Å². The van der Waals surface area contributed by atoms with Crippen LogP contribution in [-0.2, 0) is 24.5 Å². The highest BCUT2D eigenvalue weighted by Crippen LogP contribution is 2.56. The molecule has 4 aromatic carbocycles. The average Bonchev–Trinajstić information content (AvgIpc) is 3.34. The number of rotatable bonds is 12. The summed E-state index contributed by atoms with van der Waals surface area (Å²) in [6, 6.07) is 33.2. The minimum Gasteiger partial charge on any atom is -0.490 e. The highest BCUT2D eigenvalue weighted by atomic mass is 16.6. The van der Waals surface area contributed by atoms with E-state index in [9.17, 15) is 9.59 Å². The fourth-order valence-corrected chi connectivity index (χ4v) is 5.61. The summed E-state index contributed by atoms with van der Waals surface area (Å²) in [5, 5.41) is 0. The van der Waals surface area contributed by atoms with Gasteiger partial charge < -0.3 is 18.9 Å². The Morgan fingerprint density at radius 3 is 1.37 bits per heavy atom. The fraction of sp³-hybridized carbons (Fsp3) is 0.189. The lowest BCUT2D eigenvalue weighted by molar-refractivity contribution is -0.144. The average molecular weight is 575 g/mol. The minimum atomic E-state index is -0.580. The van der Waals surface area contributed by atoms with E-state index in [1.807, 2.05) is 24.3 Å². The molecule has 1 aliphatic carbocycles. The summed E-state index contributed by atoms with van der Waals surface area (Å²) in [7, 11) is 0. The summed E-state index contributed by atoms with van der Waals surface area (Å²) in [6.45, 7) is 10.9. The van der Waals surface area contributed by atoms with E-state index in [1.54, 1.807) is 13.8 Å². The molecule has 218 valence electrons. The van der Waals surface area contributed by atoms with Crippen LogP contribution in [0.4, 0.5) is 0 Å². The summed E-state index contributed by atoms with van der Waals surface area (Å²) in [4.78, 5) is 23.0. The number of carbonyl (C=O) groups excluding carboxylic acids is 2. The van der Waals surface area contributed by atoms with Gasteiger partial charge >= 0.3 is 11.9 Å². The van der Waals surface area contributed by atoms with Crippen LogP contribution >= 0.6 is 0 Å². The van der Waals surface area contributed by atoms with Gasteiger partial charge in [0.15, 0.2) is 0 Å². The van der Waals surface area contributed by atoms with Crippen LogP contribution in [0.2, 0.25) is 0 Å². The molecule has 4 aromatic rings. The number of fused-ring (bicyclic) bond motifs is 3. The lowest BCUT2D eigenvalue weighted by Crippen LogP contribution is -2.28. The maximum atomic E-state index is 11.5. The first-order chi connectivity index (χ1) is 20.9. The number of ether oxygens (including phenoxy) is 4. The van der Waals surface area contributed by atoms with Crippen molar-refractivity contribution in [3.05, 3.63) is 145 Å². The number of benzene rings is 4. The molecule has 1 aliphatic rings. The molecule has 0 saturated carbocycles. The van der Waals surface area contributed by atoms with Gasteiger partial charge in [0, 0.05) is 12.2 Å². The standard InChI is InChI=1S/C37H34O6/c1-5-35(38)42-25(3)23-40-29-19-15-27(16-20-29)37(33-13-9-7-11-31(33)32-12-8-10-14-34(32)37)28-17-21-30(22-18-28)41-24-26(4)43-36(39)6-2/h5-22,25-26H,1-2,23-24H2,3-4H3. The van der Waals surface area contributed by atoms with Crippen molar-refractivity contribution in [1.82, 2.24) is 0 Å². The first kappa shape index (κ1) is 29.4. The van der Waals surface area contributed by atoms with Gasteiger partial charge in [0.1, 0.15) is 36.9 Å². The van der Waals surface area contributed by atoms with E-state index in [2.05, 4.69) is 86.0 Å². The third-order valence-electron chi connectivity index (χ3n) is 7.46. The molecular weight excluding hydrogens is 540 g/mol. The van der Waals surface area contributed by atoms with E-state index in [0.717, 1.165) is 23.3 Å². The van der Waals surface area contributed by atoms with Gasteiger partial charge in [-0.05, 0) is 71.5 Å². The van der Waals surface area contributed by atoms with Crippen molar-refractivity contribution in [2.75, 3.05) is 13.2 Å². The van der Waals surface area contributed by atoms with Crippen LogP contribution in [0, 0.1) is 0 Å². The van der Waals surface area contributed by atoms with E-state index in [4.69, 9.17) is 18.9 Å². The molecule has 2 unspecified atom stereocenters. The Kier molecular flexibility index (Phi) is 8.77. The monoisotopic (exact) mass is 574 g/mol. The molecular formula is C37H34O6. The summed E-state index contributed by atoms with van der Waals surface area (Å²) in [5.74, 6) is 0.396. The number of hydrogen-bond donors (Lipinski definition) is 0. The van der Waals surface area contributed by atoms with Crippen LogP contribution in [0.25, 0.3) is 11.1 Å². The third kappa shape index (κ3) is 5.95. The topological polar surface area (TPSA) is 71.1 Å². The first-order valence-electron chi connectivity index (χ1n) is 14.2. The van der Waals surface area contributed by atoms with Gasteiger partial charge in [-0.3, -0.25) is 0 Å². The maximum absolute atomic E-state index is 11.5. The summed E-state index contributed by atoms with van der Waals surface area (Å²) >= 11 is 0. The molecule has 6 nitrogen and oxygen atoms in total. The SMILES string of the molecule is C=CC(=O)OC(C)COc1ccc(C2(c3ccc(OCC(C)OC(=O)C=C)cc3)c3ccccc3-c3ccccc32)cc1. The van der Waals surface area contributed by atoms with E-state index >= 15 is 0 Å². The van der Waals surface area contributed by atoms with Crippen molar-refractivity contribution in [2.24, 2.45) is 0 Å². The zero-order chi connectivity index (χ0) is 30.4. The fourth-order valence-electron chi connectivity index (χ4n) is 5.61. The third-order valence-corrected chi connectivity index (χ3v) is 7.46. The van der Waals surface area contributed by atoms with Crippen molar-refractivity contribution in [1.29, 1.82) is 0 Å². The highest BCUT2D eigenvalue weighted by Gasteiger charge is 2.45. The number of hydrogen-bond acceptors (Lipinski definition) is 6. The Morgan fingerprint density at radius 1 is 0.628 bits per heavy atom. The molecule has 0 bridgehead atoms. The van der Waals surface area contributed by atoms with E-state index < -0.39 is 29.6 Å². The minimum absolute atomic E-state index is 0.225. The van der Waals surface area contributed by atoms with Crippen molar-refractivity contribution >= 4 is 11.9 Å². The lowest BCUT2D eigenvalue weighted by atomic mass is 9.68. The van der Waals surface area contributed by atoms with E-state index in [1.165, 1.54) is 22.3 Å². The molecule has 0 heterocycles. The molecule has 2 atom stereocenters. The van der Waals surface area contributed by atoms with Crippen molar-refractivity contribution in [3.8, 4) is 22.6 Å². The first-order valence-corrected chi connectivity index (χ1v) is 14.2. The van der Waals surface area contributed by atoms with Gasteiger partial charge in [0.2, 0.25) is 0 Å². The van der Waals surface area contributed by atoms with Gasteiger partial charge in [-0.1, -0.05) is 86.0 Å². The predicted molar refractivity (Wildman–Crippen MR) is 166 cm³/mol. The summed E-state index contributed by atoms with van der Waals surface area (Å²) in [6.07, 6.45) is 1.45. The van der Waals surface area contributed by atoms with Gasteiger partial charge in [-0.25, -0.2) is 9.59 Å². The van der Waals surface area contributed by atoms with Gasteiger partial charge in [-0.2, -0.15) is 0 Å². The zero-order valence-electron chi connectivity index (χ0n) is 24.3. The molecule has 0 fully saturated rings. The normalized spacial score (nSPS) is 13.9. The predicted octanol–water partition coefficient (Wildman–Crippen LogP) is 7.04. The smallest absolute Gasteiger partial charge is 0.330 e. The van der Waals surface area contributed by atoms with Crippen LogP contribution in [0.15, 0.2) is 122 Å². The zero-order valence-corrected chi connectivity index (χ0v) is 24.3. The van der Waals surface area contributed by atoms with Crippen molar-refractivity contribution < 1.29 is 28.5 Å². The Balaban J connectivity index is 1.49. The molecule has 6 heteroatoms. The second-order valence-electron chi connectivity index (χ2n) is 10.4. The largest absolute Gasteiger partial charge is 0.490 e. The van der Waals surface area contributed by atoms with Crippen LogP contribution in [0.1, 0.15) is 36.1 Å². The van der Waals surface area contributed by atoms with Gasteiger partial charge in [0.05, 0.1) is 5.41 Å². The molecule has 0 N–H and O–H groups in total. The van der Waals surface area contributed by atoms with Gasteiger partial charge in [-0.15, -0.1) is 0 Å². The molecule has 0 aromatic heterocycles. The Bertz CT molecular complexity index is 1500. The molecule has 43 heavy (non-hydrogen) atoms. The maximum Gasteiger partial charge on any atom is 0.330 e. The summed E-state index contributed by atoms with van der Waals surface area (Å²) in [5.41, 5.74) is 6.35. The highest BCUT2D eigenvalue weighted by molar-refractivity contribution is 5.86. The van der Waals surface area contributed by atoms with Crippen molar-refractivity contribution in [3.63, 3.8) is 0 Å². The van der Waals surface area contributed by atoms with E-state index in [-0.39, 0.29) is 13.2 Å². The van der Waals surface area contributed by atoms with Crippen LogP contribution < -0.4 is 9.47 Å². The Labute approximate surface area is 252 Å². The van der Waals surface area contributed by atoms with Crippen LogP contribution in [-0.4, -0.2) is 37.4 Å². The summed E-state index contributed by atoms with van der Waals surface area (Å²) < 4.78 is 22.3. The molecule has 0 amide bonds. The van der Waals surface area contributed by atoms with E-state index in [0.29, 0.717) is 11.5 Å². The number of carbonyl (C=O) groups is 2. The van der Waals surface area contributed by atoms with Crippen LogP contribution in [0.3, 0.4) is 0 Å². The molecule has 0 spiro atoms. The molecule has 0 aliphatic heterocycles. The second-order valence-corrected chi connectivity index (χ2v) is 10.4. The Hall–Kier alpha value is -5.10. The molecule has 0 radical (unpaired) electrons. The lowest BCUT2D eigenvalue weighted by Gasteiger charge is -2.34. The number of esters is 2. The van der Waals surface area contributed by atoms with Crippen LogP contribution in [0.5, 0.6) is 11.5 Å². The molecule has 0 saturated heterocycles.